The number of benzene rings is 1. The minimum Gasteiger partial charge on any atom is -0.505 e. The normalized spacial score (nSPS) is 11.4. The van der Waals surface area contributed by atoms with Gasteiger partial charge in [-0.1, -0.05) is 23.5 Å². The molecule has 0 unspecified atom stereocenters. The lowest BCUT2D eigenvalue weighted by atomic mass is 10.2. The van der Waals surface area contributed by atoms with E-state index in [9.17, 15) is 9.90 Å². The van der Waals surface area contributed by atoms with Crippen molar-refractivity contribution in [2.75, 3.05) is 0 Å². The molecule has 2 aromatic heterocycles. The maximum atomic E-state index is 11.8. The third-order valence-electron chi connectivity index (χ3n) is 2.62. The summed E-state index contributed by atoms with van der Waals surface area (Å²) in [5, 5.41) is 19.6. The molecule has 6 nitrogen and oxygen atoms in total. The van der Waals surface area contributed by atoms with Gasteiger partial charge in [-0.05, 0) is 19.1 Å². The van der Waals surface area contributed by atoms with Crippen molar-refractivity contribution in [3.8, 4) is 5.75 Å². The number of aryl methyl sites for hydroxylation is 1. The first-order chi connectivity index (χ1) is 9.65. The fourth-order valence-electron chi connectivity index (χ4n) is 1.71. The number of para-hydroxylation sites is 1. The maximum absolute atomic E-state index is 11.8. The molecule has 20 heavy (non-hydrogen) atoms. The van der Waals surface area contributed by atoms with E-state index in [1.165, 1.54) is 11.3 Å². The Morgan fingerprint density at radius 2 is 2.10 bits per heavy atom. The van der Waals surface area contributed by atoms with Gasteiger partial charge >= 0.3 is 5.63 Å². The number of azo groups is 1. The summed E-state index contributed by atoms with van der Waals surface area (Å²) < 4.78 is 5.09. The summed E-state index contributed by atoms with van der Waals surface area (Å²) in [6.07, 6.45) is 1.54. The van der Waals surface area contributed by atoms with Crippen LogP contribution in [0.25, 0.3) is 11.0 Å². The van der Waals surface area contributed by atoms with Gasteiger partial charge in [-0.3, -0.25) is 0 Å². The molecule has 1 N–H and O–H groups in total. The molecule has 0 atom stereocenters. The topological polar surface area (TPSA) is 88.1 Å². The van der Waals surface area contributed by atoms with E-state index in [-0.39, 0.29) is 11.4 Å². The Bertz CT molecular complexity index is 867. The lowest BCUT2D eigenvalue weighted by Crippen LogP contribution is -1.97. The van der Waals surface area contributed by atoms with E-state index in [4.69, 9.17) is 4.42 Å². The second kappa shape index (κ2) is 4.86. The number of fused-ring (bicyclic) bond motifs is 1. The third kappa shape index (κ3) is 2.19. The monoisotopic (exact) mass is 287 g/mol. The fraction of sp³-hybridized carbons (Fsp3) is 0.0769. The fourth-order valence-corrected chi connectivity index (χ4v) is 2.30. The molecule has 3 aromatic rings. The van der Waals surface area contributed by atoms with Crippen molar-refractivity contribution >= 4 is 33.0 Å². The number of aromatic nitrogens is 1. The molecule has 0 aliphatic carbocycles. The predicted molar refractivity (Wildman–Crippen MR) is 75.2 cm³/mol. The smallest absolute Gasteiger partial charge is 0.368 e. The largest absolute Gasteiger partial charge is 0.505 e. The van der Waals surface area contributed by atoms with Crippen LogP contribution in [0.4, 0.5) is 10.7 Å². The Kier molecular flexibility index (Phi) is 3.03. The molecule has 0 fully saturated rings. The standard InChI is InChI=1S/C13H9N3O3S/c1-7-14-6-10(20-7)15-16-11-12(17)8-4-2-3-5-9(8)19-13(11)18/h2-6,17H,1H3. The number of thiazole rings is 1. The molecule has 100 valence electrons. The van der Waals surface area contributed by atoms with Gasteiger partial charge in [0.1, 0.15) is 5.58 Å². The van der Waals surface area contributed by atoms with Crippen LogP contribution < -0.4 is 5.63 Å². The molecule has 3 rings (SSSR count). The summed E-state index contributed by atoms with van der Waals surface area (Å²) >= 11 is 1.34. The van der Waals surface area contributed by atoms with E-state index in [2.05, 4.69) is 15.2 Å². The average Bonchev–Trinajstić information content (AvgIpc) is 2.84. The molecule has 0 spiro atoms. The van der Waals surface area contributed by atoms with E-state index < -0.39 is 5.63 Å². The summed E-state index contributed by atoms with van der Waals surface area (Å²) in [5.74, 6) is -0.234. The zero-order valence-corrected chi connectivity index (χ0v) is 11.2. The Labute approximate surface area is 117 Å². The first-order valence-corrected chi connectivity index (χ1v) is 6.56. The van der Waals surface area contributed by atoms with Crippen LogP contribution in [-0.4, -0.2) is 10.1 Å². The van der Waals surface area contributed by atoms with Crippen molar-refractivity contribution in [2.24, 2.45) is 10.2 Å². The molecular formula is C13H9N3O3S. The van der Waals surface area contributed by atoms with Gasteiger partial charge in [0.2, 0.25) is 5.69 Å². The van der Waals surface area contributed by atoms with E-state index in [0.717, 1.165) is 5.01 Å². The highest BCUT2D eigenvalue weighted by Crippen LogP contribution is 2.32. The van der Waals surface area contributed by atoms with Gasteiger partial charge in [-0.2, -0.15) is 0 Å². The van der Waals surface area contributed by atoms with Crippen LogP contribution >= 0.6 is 11.3 Å². The zero-order valence-electron chi connectivity index (χ0n) is 10.4. The molecule has 2 heterocycles. The molecular weight excluding hydrogens is 278 g/mol. The van der Waals surface area contributed by atoms with Gasteiger partial charge in [0.05, 0.1) is 16.6 Å². The van der Waals surface area contributed by atoms with Crippen molar-refractivity contribution < 1.29 is 9.52 Å². The summed E-state index contributed by atoms with van der Waals surface area (Å²) in [6, 6.07) is 6.69. The van der Waals surface area contributed by atoms with Gasteiger partial charge in [0, 0.05) is 0 Å². The second-order valence-corrected chi connectivity index (χ2v) is 5.21. The number of rotatable bonds is 2. The van der Waals surface area contributed by atoms with Crippen LogP contribution in [0.15, 0.2) is 49.9 Å². The highest BCUT2D eigenvalue weighted by Gasteiger charge is 2.13. The highest BCUT2D eigenvalue weighted by molar-refractivity contribution is 7.15. The summed E-state index contributed by atoms with van der Waals surface area (Å²) in [6.45, 7) is 1.84. The highest BCUT2D eigenvalue weighted by atomic mass is 32.1. The van der Waals surface area contributed by atoms with Crippen LogP contribution in [0.5, 0.6) is 5.75 Å². The van der Waals surface area contributed by atoms with Gasteiger partial charge < -0.3 is 9.52 Å². The maximum Gasteiger partial charge on any atom is 0.368 e. The third-order valence-corrected chi connectivity index (χ3v) is 3.42. The van der Waals surface area contributed by atoms with E-state index in [1.807, 2.05) is 6.92 Å². The van der Waals surface area contributed by atoms with Crippen LogP contribution in [-0.2, 0) is 0 Å². The van der Waals surface area contributed by atoms with E-state index in [0.29, 0.717) is 16.0 Å². The van der Waals surface area contributed by atoms with E-state index >= 15 is 0 Å². The number of nitrogens with zero attached hydrogens (tertiary/aromatic N) is 3. The van der Waals surface area contributed by atoms with Gasteiger partial charge in [0.15, 0.2) is 10.8 Å². The lowest BCUT2D eigenvalue weighted by Gasteiger charge is -2.00. The Morgan fingerprint density at radius 3 is 2.85 bits per heavy atom. The molecule has 0 aliphatic rings. The minimum atomic E-state index is -0.730. The quantitative estimate of drug-likeness (QED) is 0.575. The van der Waals surface area contributed by atoms with Gasteiger partial charge in [-0.15, -0.1) is 10.2 Å². The Hall–Kier alpha value is -2.54. The second-order valence-electron chi connectivity index (χ2n) is 4.00. The molecule has 0 saturated heterocycles. The Balaban J connectivity index is 2.12. The van der Waals surface area contributed by atoms with Crippen molar-refractivity contribution in [3.63, 3.8) is 0 Å². The van der Waals surface area contributed by atoms with Crippen molar-refractivity contribution in [3.05, 3.63) is 45.9 Å². The molecule has 0 bridgehead atoms. The zero-order chi connectivity index (χ0) is 14.1. The first kappa shape index (κ1) is 12.5. The van der Waals surface area contributed by atoms with Crippen molar-refractivity contribution in [1.29, 1.82) is 0 Å². The van der Waals surface area contributed by atoms with Crippen LogP contribution in [0, 0.1) is 6.92 Å². The van der Waals surface area contributed by atoms with Crippen molar-refractivity contribution in [1.82, 2.24) is 4.98 Å². The molecule has 0 aliphatic heterocycles. The van der Waals surface area contributed by atoms with Gasteiger partial charge in [0.25, 0.3) is 0 Å². The average molecular weight is 287 g/mol. The van der Waals surface area contributed by atoms with Gasteiger partial charge in [-0.25, -0.2) is 9.78 Å². The minimum absolute atomic E-state index is 0.213. The number of aromatic hydroxyl groups is 1. The van der Waals surface area contributed by atoms with Crippen LogP contribution in [0.3, 0.4) is 0 Å². The Morgan fingerprint density at radius 1 is 1.30 bits per heavy atom. The van der Waals surface area contributed by atoms with Crippen molar-refractivity contribution in [2.45, 2.75) is 6.92 Å². The summed E-state index contributed by atoms with van der Waals surface area (Å²) in [4.78, 5) is 15.8. The molecule has 7 heteroatoms. The summed E-state index contributed by atoms with van der Waals surface area (Å²) in [7, 11) is 0. The number of hydrogen-bond donors (Lipinski definition) is 1. The molecule has 1 aromatic carbocycles. The first-order valence-electron chi connectivity index (χ1n) is 5.74. The lowest BCUT2D eigenvalue weighted by molar-refractivity contribution is 0.469. The number of hydrogen-bond acceptors (Lipinski definition) is 7. The molecule has 0 radical (unpaired) electrons. The van der Waals surface area contributed by atoms with Crippen LogP contribution in [0.1, 0.15) is 5.01 Å². The molecule has 0 saturated carbocycles. The van der Waals surface area contributed by atoms with E-state index in [1.54, 1.807) is 30.5 Å². The van der Waals surface area contributed by atoms with Crippen LogP contribution in [0.2, 0.25) is 0 Å². The SMILES string of the molecule is Cc1ncc(N=Nc2c(O)c3ccccc3oc2=O)s1. The molecule has 0 amide bonds. The summed E-state index contributed by atoms with van der Waals surface area (Å²) in [5.41, 5.74) is -0.636. The predicted octanol–water partition coefficient (Wildman–Crippen LogP) is 3.68.